The van der Waals surface area contributed by atoms with E-state index in [9.17, 15) is 4.79 Å². The largest absolute Gasteiger partial charge is 0.299 e. The van der Waals surface area contributed by atoms with E-state index in [-0.39, 0.29) is 0 Å². The molecular formula is C16H28O. The molecule has 0 saturated carbocycles. The Hall–Kier alpha value is -0.590. The highest BCUT2D eigenvalue weighted by Gasteiger charge is 2.14. The summed E-state index contributed by atoms with van der Waals surface area (Å²) < 4.78 is 0. The zero-order chi connectivity index (χ0) is 12.5. The van der Waals surface area contributed by atoms with Crippen molar-refractivity contribution in [2.24, 2.45) is 5.92 Å². The molecule has 0 amide bonds. The Bertz CT molecular complexity index is 252. The second-order valence-corrected chi connectivity index (χ2v) is 5.44. The van der Waals surface area contributed by atoms with Crippen molar-refractivity contribution in [1.29, 1.82) is 0 Å². The van der Waals surface area contributed by atoms with Crippen LogP contribution in [0.5, 0.6) is 0 Å². The van der Waals surface area contributed by atoms with E-state index in [2.05, 4.69) is 19.9 Å². The van der Waals surface area contributed by atoms with Crippen molar-refractivity contribution >= 4 is 5.78 Å². The molecule has 98 valence electrons. The average Bonchev–Trinajstić information content (AvgIpc) is 2.35. The molecule has 0 saturated heterocycles. The first-order valence-electron chi connectivity index (χ1n) is 7.45. The molecule has 0 radical (unpaired) electrons. The fourth-order valence-corrected chi connectivity index (χ4v) is 2.66. The van der Waals surface area contributed by atoms with Crippen LogP contribution in [-0.2, 0) is 4.79 Å². The molecule has 1 heteroatoms. The van der Waals surface area contributed by atoms with E-state index in [1.54, 1.807) is 0 Å². The number of carbonyl (C=O) groups excluding carboxylic acids is 1. The molecule has 0 spiro atoms. The van der Waals surface area contributed by atoms with Crippen LogP contribution in [0.15, 0.2) is 11.6 Å². The second-order valence-electron chi connectivity index (χ2n) is 5.44. The molecule has 0 aromatic heterocycles. The maximum Gasteiger partial charge on any atom is 0.137 e. The SMILES string of the molecule is CCCCC(CC)CC(=O)CC1=CCCCC1. The smallest absolute Gasteiger partial charge is 0.137 e. The molecule has 1 rings (SSSR count). The van der Waals surface area contributed by atoms with Gasteiger partial charge in [-0.1, -0.05) is 51.2 Å². The molecule has 0 fully saturated rings. The Balaban J connectivity index is 2.28. The molecular weight excluding hydrogens is 208 g/mol. The lowest BCUT2D eigenvalue weighted by atomic mass is 9.89. The minimum atomic E-state index is 0.473. The number of rotatable bonds is 8. The van der Waals surface area contributed by atoms with Crippen LogP contribution < -0.4 is 0 Å². The van der Waals surface area contributed by atoms with Crippen LogP contribution in [0.4, 0.5) is 0 Å². The van der Waals surface area contributed by atoms with Gasteiger partial charge in [-0.25, -0.2) is 0 Å². The predicted octanol–water partition coefficient (Wildman–Crippen LogP) is 5.05. The van der Waals surface area contributed by atoms with E-state index in [1.165, 1.54) is 44.1 Å². The van der Waals surface area contributed by atoms with E-state index in [0.29, 0.717) is 11.7 Å². The lowest BCUT2D eigenvalue weighted by Gasteiger charge is -2.15. The molecule has 1 atom stereocenters. The number of ketones is 1. The summed E-state index contributed by atoms with van der Waals surface area (Å²) in [6, 6.07) is 0. The van der Waals surface area contributed by atoms with Gasteiger partial charge < -0.3 is 0 Å². The molecule has 1 aliphatic carbocycles. The maximum absolute atomic E-state index is 12.0. The van der Waals surface area contributed by atoms with Gasteiger partial charge in [-0.05, 0) is 31.6 Å². The number of Topliss-reactive ketones (excluding diaryl/α,β-unsaturated/α-hetero) is 1. The van der Waals surface area contributed by atoms with Crippen LogP contribution in [0.3, 0.4) is 0 Å². The minimum Gasteiger partial charge on any atom is -0.299 e. The summed E-state index contributed by atoms with van der Waals surface area (Å²) in [6.45, 7) is 4.44. The Morgan fingerprint density at radius 3 is 2.76 bits per heavy atom. The first-order chi connectivity index (χ1) is 8.26. The third-order valence-electron chi connectivity index (χ3n) is 3.87. The van der Waals surface area contributed by atoms with Gasteiger partial charge in [0.1, 0.15) is 5.78 Å². The fourth-order valence-electron chi connectivity index (χ4n) is 2.66. The third-order valence-corrected chi connectivity index (χ3v) is 3.87. The number of hydrogen-bond donors (Lipinski definition) is 0. The van der Waals surface area contributed by atoms with Gasteiger partial charge in [0.25, 0.3) is 0 Å². The summed E-state index contributed by atoms with van der Waals surface area (Å²) in [7, 11) is 0. The lowest BCUT2D eigenvalue weighted by Crippen LogP contribution is -2.09. The summed E-state index contributed by atoms with van der Waals surface area (Å²) in [6.07, 6.45) is 13.7. The summed E-state index contributed by atoms with van der Waals surface area (Å²) in [4.78, 5) is 12.0. The lowest BCUT2D eigenvalue weighted by molar-refractivity contribution is -0.119. The van der Waals surface area contributed by atoms with E-state index in [4.69, 9.17) is 0 Å². The third kappa shape index (κ3) is 6.05. The highest BCUT2D eigenvalue weighted by Crippen LogP contribution is 2.23. The number of unbranched alkanes of at least 4 members (excludes halogenated alkanes) is 1. The number of hydrogen-bond acceptors (Lipinski definition) is 1. The maximum atomic E-state index is 12.0. The molecule has 0 aromatic rings. The van der Waals surface area contributed by atoms with Gasteiger partial charge in [0.05, 0.1) is 0 Å². The molecule has 0 aromatic carbocycles. The highest BCUT2D eigenvalue weighted by molar-refractivity contribution is 5.81. The number of carbonyl (C=O) groups is 1. The predicted molar refractivity (Wildman–Crippen MR) is 74.1 cm³/mol. The van der Waals surface area contributed by atoms with Gasteiger partial charge in [-0.3, -0.25) is 4.79 Å². The van der Waals surface area contributed by atoms with Gasteiger partial charge in [-0.15, -0.1) is 0 Å². The average molecular weight is 236 g/mol. The Labute approximate surface area is 107 Å². The van der Waals surface area contributed by atoms with E-state index in [0.717, 1.165) is 25.7 Å². The topological polar surface area (TPSA) is 17.1 Å². The van der Waals surface area contributed by atoms with Crippen LogP contribution in [0.25, 0.3) is 0 Å². The monoisotopic (exact) mass is 236 g/mol. The Morgan fingerprint density at radius 1 is 1.35 bits per heavy atom. The molecule has 0 heterocycles. The fraction of sp³-hybridized carbons (Fsp3) is 0.812. The molecule has 0 N–H and O–H groups in total. The molecule has 0 aliphatic heterocycles. The van der Waals surface area contributed by atoms with Crippen molar-refractivity contribution in [3.8, 4) is 0 Å². The van der Waals surface area contributed by atoms with Gasteiger partial charge in [0, 0.05) is 12.8 Å². The van der Waals surface area contributed by atoms with Crippen molar-refractivity contribution in [1.82, 2.24) is 0 Å². The van der Waals surface area contributed by atoms with Gasteiger partial charge in [-0.2, -0.15) is 0 Å². The minimum absolute atomic E-state index is 0.473. The van der Waals surface area contributed by atoms with Crippen LogP contribution >= 0.6 is 0 Å². The molecule has 0 bridgehead atoms. The van der Waals surface area contributed by atoms with E-state index < -0.39 is 0 Å². The Morgan fingerprint density at radius 2 is 2.18 bits per heavy atom. The first-order valence-corrected chi connectivity index (χ1v) is 7.45. The van der Waals surface area contributed by atoms with Gasteiger partial charge >= 0.3 is 0 Å². The highest BCUT2D eigenvalue weighted by atomic mass is 16.1. The second kappa shape index (κ2) is 8.49. The molecule has 1 aliphatic rings. The quantitative estimate of drug-likeness (QED) is 0.539. The van der Waals surface area contributed by atoms with Gasteiger partial charge in [0.2, 0.25) is 0 Å². The van der Waals surface area contributed by atoms with Crippen molar-refractivity contribution in [2.75, 3.05) is 0 Å². The standard InChI is InChI=1S/C16H28O/c1-3-5-9-14(4-2)12-16(17)13-15-10-7-6-8-11-15/h10,14H,3-9,11-13H2,1-2H3. The first kappa shape index (κ1) is 14.5. The normalized spacial score (nSPS) is 17.6. The summed E-state index contributed by atoms with van der Waals surface area (Å²) >= 11 is 0. The summed E-state index contributed by atoms with van der Waals surface area (Å²) in [5.74, 6) is 1.10. The zero-order valence-electron chi connectivity index (χ0n) is 11.6. The van der Waals surface area contributed by atoms with E-state index >= 15 is 0 Å². The van der Waals surface area contributed by atoms with Crippen LogP contribution in [0.1, 0.15) is 78.1 Å². The van der Waals surface area contributed by atoms with Crippen molar-refractivity contribution in [2.45, 2.75) is 78.1 Å². The van der Waals surface area contributed by atoms with Crippen LogP contribution in [0, 0.1) is 5.92 Å². The van der Waals surface area contributed by atoms with Crippen molar-refractivity contribution in [3.05, 3.63) is 11.6 Å². The molecule has 17 heavy (non-hydrogen) atoms. The van der Waals surface area contributed by atoms with Crippen molar-refractivity contribution in [3.63, 3.8) is 0 Å². The zero-order valence-corrected chi connectivity index (χ0v) is 11.6. The van der Waals surface area contributed by atoms with E-state index in [1.807, 2.05) is 0 Å². The van der Waals surface area contributed by atoms with Crippen LogP contribution in [-0.4, -0.2) is 5.78 Å². The van der Waals surface area contributed by atoms with Crippen LogP contribution in [0.2, 0.25) is 0 Å². The Kier molecular flexibility index (Phi) is 7.23. The summed E-state index contributed by atoms with van der Waals surface area (Å²) in [5, 5.41) is 0. The molecule has 1 nitrogen and oxygen atoms in total. The molecule has 1 unspecified atom stereocenters. The van der Waals surface area contributed by atoms with Gasteiger partial charge in [0.15, 0.2) is 0 Å². The van der Waals surface area contributed by atoms with Crippen molar-refractivity contribution < 1.29 is 4.79 Å². The summed E-state index contributed by atoms with van der Waals surface area (Å²) in [5.41, 5.74) is 1.41. The number of allylic oxidation sites excluding steroid dienone is 2.